The van der Waals surface area contributed by atoms with Crippen molar-refractivity contribution in [2.24, 2.45) is 11.5 Å². The van der Waals surface area contributed by atoms with Crippen LogP contribution in [0.1, 0.15) is 73.7 Å². The number of amides is 2. The predicted molar refractivity (Wildman–Crippen MR) is 208 cm³/mol. The molecule has 2 unspecified atom stereocenters. The Morgan fingerprint density at radius 1 is 0.625 bits per heavy atom. The number of carbonyl (C=O) groups excluding carboxylic acids is 4. The zero-order valence-corrected chi connectivity index (χ0v) is 32.5. The number of aliphatic hydroxyl groups excluding tert-OH is 2. The number of nitrogens with two attached hydrogens (primary N) is 2. The van der Waals surface area contributed by atoms with Gasteiger partial charge in [-0.2, -0.15) is 0 Å². The molecule has 5 aromatic rings. The molecule has 64 heavy (non-hydrogen) atoms. The van der Waals surface area contributed by atoms with Crippen molar-refractivity contribution in [1.82, 2.24) is 29.5 Å². The molecular formula is C40H40N8O16. The molecular weight excluding hydrogens is 848 g/mol. The van der Waals surface area contributed by atoms with E-state index in [0.717, 1.165) is 16.6 Å². The third kappa shape index (κ3) is 8.72. The normalized spacial score (nSPS) is 25.7. The van der Waals surface area contributed by atoms with E-state index in [4.69, 9.17) is 58.8 Å². The van der Waals surface area contributed by atoms with Gasteiger partial charge < -0.3 is 69.0 Å². The second-order valence-corrected chi connectivity index (χ2v) is 14.2. The smallest absolute Gasteiger partial charge is 0.338 e. The van der Waals surface area contributed by atoms with Gasteiger partial charge in [0.25, 0.3) is 11.8 Å². The third-order valence-electron chi connectivity index (χ3n) is 10.2. The minimum atomic E-state index is -1.38. The molecule has 5 aliphatic rings. The molecule has 3 saturated heterocycles. The topological polar surface area (TPSA) is 315 Å². The summed E-state index contributed by atoms with van der Waals surface area (Å²) < 4.78 is 58.0. The lowest BCUT2D eigenvalue weighted by Crippen LogP contribution is -2.34. The molecule has 24 nitrogen and oxygen atoms in total. The molecule has 0 bridgehead atoms. The van der Waals surface area contributed by atoms with Crippen molar-refractivity contribution in [3.05, 3.63) is 108 Å². The first-order valence-corrected chi connectivity index (χ1v) is 19.1. The van der Waals surface area contributed by atoms with Crippen LogP contribution in [0.15, 0.2) is 79.4 Å². The fourth-order valence-electron chi connectivity index (χ4n) is 7.08. The highest BCUT2D eigenvalue weighted by Crippen LogP contribution is 2.44. The summed E-state index contributed by atoms with van der Waals surface area (Å²) in [6.45, 7) is -0.241. The van der Waals surface area contributed by atoms with Gasteiger partial charge >= 0.3 is 11.9 Å². The van der Waals surface area contributed by atoms with Crippen molar-refractivity contribution < 1.29 is 76.8 Å². The summed E-state index contributed by atoms with van der Waals surface area (Å²) in [5, 5.41) is 28.2. The van der Waals surface area contributed by atoms with Crippen LogP contribution in [0.2, 0.25) is 0 Å². The molecule has 24 heteroatoms. The van der Waals surface area contributed by atoms with Crippen LogP contribution in [0.5, 0.6) is 23.0 Å². The molecule has 336 valence electrons. The van der Waals surface area contributed by atoms with Crippen molar-refractivity contribution in [2.45, 2.75) is 62.8 Å². The molecule has 6 N–H and O–H groups in total. The summed E-state index contributed by atoms with van der Waals surface area (Å²) in [5.74, 6) is -1.24. The maximum absolute atomic E-state index is 12.7. The minimum Gasteiger partial charge on any atom is -0.459 e. The molecule has 3 aromatic carbocycles. The standard InChI is InChI=1S/C23H20N4O8.C16H16N4O8.CH4/c24-19(28)20-25-10-27(26-20)21-18-17(34-23(35-18)12-4-2-1-3-5-12)16(33-21)9-30-22(29)13-6-7-14-15(8-13)32-11-31-14;17-13(23)14-18-5-20(19-14)15-12(22)11(21)10(28-15)4-25-16(24)7-1-2-8-9(3-7)27-6-26-8;/h1-8,10,16-18,21,23H,9,11H2,(H2,24,28);1-3,5,10-12,15,21-22H,4,6H2,(H2,17,23);1H4/t16-,17?,18-,21-,23+;10-,11?,12-,15-;/m11./s1. The number of hydrogen-bond donors (Lipinski definition) is 4. The lowest BCUT2D eigenvalue weighted by Gasteiger charge is -2.20. The van der Waals surface area contributed by atoms with Gasteiger partial charge in [0.05, 0.1) is 11.1 Å². The third-order valence-corrected chi connectivity index (χ3v) is 10.2. The molecule has 7 heterocycles. The van der Waals surface area contributed by atoms with Crippen LogP contribution in [0.25, 0.3) is 0 Å². The van der Waals surface area contributed by atoms with Crippen LogP contribution in [-0.2, 0) is 28.4 Å². The van der Waals surface area contributed by atoms with Crippen LogP contribution < -0.4 is 30.4 Å². The Balaban J connectivity index is 0.000000177. The number of rotatable bonds is 11. The van der Waals surface area contributed by atoms with Crippen LogP contribution >= 0.6 is 0 Å². The van der Waals surface area contributed by atoms with Crippen LogP contribution in [-0.4, -0.2) is 127 Å². The summed E-state index contributed by atoms with van der Waals surface area (Å²) in [4.78, 5) is 55.0. The van der Waals surface area contributed by atoms with Gasteiger partial charge in [-0.05, 0) is 36.4 Å². The predicted octanol–water partition coefficient (Wildman–Crippen LogP) is 0.561. The SMILES string of the molecule is C.NC(=O)c1ncn([C@@H]2O[C@H](COC(=O)c3ccc4c(c3)OCO4)C(O)[C@H]2O)n1.NC(=O)c1ncn([C@@H]2O[C@H](COC(=O)c3ccc4c(c3)OCO4)C3O[C@H](c4ccccc4)O[C@H]32)n1. The first-order chi connectivity index (χ1) is 30.5. The molecule has 2 aromatic heterocycles. The van der Waals surface area contributed by atoms with E-state index in [1.54, 1.807) is 24.3 Å². The Morgan fingerprint density at radius 3 is 1.67 bits per heavy atom. The summed E-state index contributed by atoms with van der Waals surface area (Å²) in [6, 6.07) is 18.8. The molecule has 5 aliphatic heterocycles. The fourth-order valence-corrected chi connectivity index (χ4v) is 7.08. The Labute approximate surface area is 361 Å². The number of fused-ring (bicyclic) bond motifs is 3. The highest BCUT2D eigenvalue weighted by atomic mass is 16.8. The number of primary amides is 2. The van der Waals surface area contributed by atoms with Crippen molar-refractivity contribution in [3.63, 3.8) is 0 Å². The van der Waals surface area contributed by atoms with E-state index in [2.05, 4.69) is 20.2 Å². The van der Waals surface area contributed by atoms with Gasteiger partial charge in [-0.15, -0.1) is 10.2 Å². The van der Waals surface area contributed by atoms with Gasteiger partial charge in [0.1, 0.15) is 62.5 Å². The second kappa shape index (κ2) is 18.2. The molecule has 0 radical (unpaired) electrons. The van der Waals surface area contributed by atoms with Crippen molar-refractivity contribution in [2.75, 3.05) is 26.8 Å². The molecule has 0 aliphatic carbocycles. The quantitative estimate of drug-likeness (QED) is 0.132. The number of carbonyl (C=O) groups is 4. The summed E-state index contributed by atoms with van der Waals surface area (Å²) >= 11 is 0. The molecule has 3 fully saturated rings. The maximum atomic E-state index is 12.7. The lowest BCUT2D eigenvalue weighted by molar-refractivity contribution is -0.156. The first-order valence-electron chi connectivity index (χ1n) is 19.1. The number of aromatic nitrogens is 6. The van der Waals surface area contributed by atoms with E-state index in [1.165, 1.54) is 23.1 Å². The molecule has 2 amide bonds. The lowest BCUT2D eigenvalue weighted by atomic mass is 10.1. The van der Waals surface area contributed by atoms with E-state index in [1.807, 2.05) is 30.3 Å². The monoisotopic (exact) mass is 888 g/mol. The Hall–Kier alpha value is -7.22. The van der Waals surface area contributed by atoms with Crippen LogP contribution in [0.4, 0.5) is 0 Å². The Kier molecular flexibility index (Phi) is 12.4. The molecule has 10 rings (SSSR count). The van der Waals surface area contributed by atoms with Gasteiger partial charge in [0.2, 0.25) is 25.2 Å². The summed E-state index contributed by atoms with van der Waals surface area (Å²) in [7, 11) is 0. The van der Waals surface area contributed by atoms with Gasteiger partial charge in [0, 0.05) is 5.56 Å². The Bertz CT molecular complexity index is 2520. The zero-order valence-electron chi connectivity index (χ0n) is 32.5. The van der Waals surface area contributed by atoms with E-state index >= 15 is 0 Å². The van der Waals surface area contributed by atoms with E-state index < -0.39 is 79.1 Å². The van der Waals surface area contributed by atoms with Crippen LogP contribution in [0, 0.1) is 0 Å². The first kappa shape index (κ1) is 43.4. The number of esters is 2. The maximum Gasteiger partial charge on any atom is 0.338 e. The van der Waals surface area contributed by atoms with Crippen molar-refractivity contribution >= 4 is 23.8 Å². The zero-order chi connectivity index (χ0) is 43.8. The van der Waals surface area contributed by atoms with Crippen LogP contribution in [0.3, 0.4) is 0 Å². The van der Waals surface area contributed by atoms with Crippen molar-refractivity contribution in [1.29, 1.82) is 0 Å². The summed E-state index contributed by atoms with van der Waals surface area (Å²) in [5.41, 5.74) is 11.7. The molecule has 9 atom stereocenters. The second-order valence-electron chi connectivity index (χ2n) is 14.2. The minimum absolute atomic E-state index is 0. The average Bonchev–Trinajstić information content (AvgIpc) is 4.15. The number of benzene rings is 3. The average molecular weight is 889 g/mol. The molecule has 0 spiro atoms. The number of ether oxygens (including phenoxy) is 10. The number of hydrogen-bond acceptors (Lipinski definition) is 20. The molecule has 0 saturated carbocycles. The van der Waals surface area contributed by atoms with Gasteiger partial charge in [0.15, 0.2) is 41.7 Å². The Morgan fingerprint density at radius 2 is 1.12 bits per heavy atom. The fraction of sp³-hybridized carbons (Fsp3) is 0.350. The van der Waals surface area contributed by atoms with E-state index in [0.29, 0.717) is 28.6 Å². The van der Waals surface area contributed by atoms with E-state index in [-0.39, 0.29) is 51.4 Å². The largest absolute Gasteiger partial charge is 0.459 e. The van der Waals surface area contributed by atoms with Gasteiger partial charge in [-0.25, -0.2) is 28.9 Å². The highest BCUT2D eigenvalue weighted by molar-refractivity contribution is 5.91. The number of aliphatic hydroxyl groups is 2. The summed E-state index contributed by atoms with van der Waals surface area (Å²) in [6.07, 6.45) is -5.65. The highest BCUT2D eigenvalue weighted by Gasteiger charge is 2.54. The van der Waals surface area contributed by atoms with E-state index in [9.17, 15) is 29.4 Å². The number of nitrogens with zero attached hydrogens (tertiary/aromatic N) is 6. The van der Waals surface area contributed by atoms with Gasteiger partial charge in [-0.1, -0.05) is 37.8 Å². The van der Waals surface area contributed by atoms with Crippen molar-refractivity contribution in [3.8, 4) is 23.0 Å². The van der Waals surface area contributed by atoms with Gasteiger partial charge in [-0.3, -0.25) is 9.59 Å².